The van der Waals surface area contributed by atoms with Gasteiger partial charge in [0.2, 0.25) is 0 Å². The van der Waals surface area contributed by atoms with Gasteiger partial charge < -0.3 is 14.6 Å². The lowest BCUT2D eigenvalue weighted by Crippen LogP contribution is -1.97. The van der Waals surface area contributed by atoms with E-state index in [1.54, 1.807) is 7.11 Å². The molecule has 3 nitrogen and oxygen atoms in total. The smallest absolute Gasteiger partial charge is 0.131 e. The van der Waals surface area contributed by atoms with Crippen molar-refractivity contribution in [3.8, 4) is 17.2 Å². The molecule has 0 unspecified atom stereocenters. The van der Waals surface area contributed by atoms with Crippen LogP contribution in [0.15, 0.2) is 30.3 Å². The van der Waals surface area contributed by atoms with E-state index in [2.05, 4.69) is 0 Å². The van der Waals surface area contributed by atoms with Gasteiger partial charge in [0.15, 0.2) is 0 Å². The minimum atomic E-state index is 0.0417. The highest BCUT2D eigenvalue weighted by molar-refractivity contribution is 5.53. The third kappa shape index (κ3) is 5.57. The molecule has 0 spiro atoms. The minimum absolute atomic E-state index is 0.0417. The maximum Gasteiger partial charge on any atom is 0.131 e. The minimum Gasteiger partial charge on any atom is -0.496 e. The van der Waals surface area contributed by atoms with Crippen molar-refractivity contribution in [2.24, 2.45) is 0 Å². The number of hydrogen-bond acceptors (Lipinski definition) is 3. The van der Waals surface area contributed by atoms with Crippen molar-refractivity contribution in [2.75, 3.05) is 7.11 Å². The van der Waals surface area contributed by atoms with Crippen LogP contribution in [0.4, 0.5) is 0 Å². The van der Waals surface area contributed by atoms with E-state index in [4.69, 9.17) is 14.6 Å². The van der Waals surface area contributed by atoms with E-state index in [9.17, 15) is 0 Å². The van der Waals surface area contributed by atoms with E-state index < -0.39 is 0 Å². The van der Waals surface area contributed by atoms with Crippen LogP contribution in [0.25, 0.3) is 0 Å². The van der Waals surface area contributed by atoms with Gasteiger partial charge in [0.25, 0.3) is 0 Å². The second-order valence-electron chi connectivity index (χ2n) is 4.88. The molecule has 1 N–H and O–H groups in total. The molecule has 0 aliphatic rings. The fourth-order valence-electron chi connectivity index (χ4n) is 2.23. The molecule has 24 heavy (non-hydrogen) atoms. The highest BCUT2D eigenvalue weighted by Crippen LogP contribution is 2.35. The Bertz CT molecular complexity index is 601. The van der Waals surface area contributed by atoms with Crippen LogP contribution in [-0.4, -0.2) is 12.2 Å². The van der Waals surface area contributed by atoms with Crippen molar-refractivity contribution in [3.05, 3.63) is 52.6 Å². The zero-order valence-corrected chi connectivity index (χ0v) is 16.4. The molecule has 2 aromatic carbocycles. The number of aryl methyl sites for hydroxylation is 1. The number of ether oxygens (including phenoxy) is 2. The number of rotatable bonds is 4. The first kappa shape index (κ1) is 22.0. The molecule has 0 heterocycles. The Morgan fingerprint density at radius 1 is 0.875 bits per heavy atom. The Morgan fingerprint density at radius 3 is 1.88 bits per heavy atom. The summed E-state index contributed by atoms with van der Waals surface area (Å²) in [6.07, 6.45) is 0. The van der Waals surface area contributed by atoms with Crippen molar-refractivity contribution in [1.82, 2.24) is 0 Å². The molecular weight excluding hydrogens is 300 g/mol. The van der Waals surface area contributed by atoms with E-state index in [0.717, 1.165) is 39.5 Å². The molecule has 2 rings (SSSR count). The summed E-state index contributed by atoms with van der Waals surface area (Å²) in [5.41, 5.74) is 4.09. The second-order valence-corrected chi connectivity index (χ2v) is 4.88. The van der Waals surface area contributed by atoms with Crippen molar-refractivity contribution >= 4 is 0 Å². The standard InChI is InChI=1S/C17H20O3.2C2H6/c1-11-9-16(12(2)13(3)17(11)19-4)20-15-7-5-14(10-18)6-8-15;2*1-2/h5-9,18H,10H2,1-4H3;2*1-2H3. The fourth-order valence-corrected chi connectivity index (χ4v) is 2.23. The Morgan fingerprint density at radius 2 is 1.42 bits per heavy atom. The van der Waals surface area contributed by atoms with Gasteiger partial charge >= 0.3 is 0 Å². The normalized spacial score (nSPS) is 9.21. The number of aliphatic hydroxyl groups excluding tert-OH is 1. The summed E-state index contributed by atoms with van der Waals surface area (Å²) >= 11 is 0. The lowest BCUT2D eigenvalue weighted by Gasteiger charge is -2.16. The first-order chi connectivity index (χ1) is 11.6. The first-order valence-corrected chi connectivity index (χ1v) is 8.59. The summed E-state index contributed by atoms with van der Waals surface area (Å²) in [5.74, 6) is 2.50. The average molecular weight is 332 g/mol. The molecular formula is C21H32O3. The van der Waals surface area contributed by atoms with Gasteiger partial charge in [0.1, 0.15) is 17.2 Å². The Balaban J connectivity index is 0.00000123. The van der Waals surface area contributed by atoms with Gasteiger partial charge in [-0.05, 0) is 61.2 Å². The van der Waals surface area contributed by atoms with E-state index in [1.165, 1.54) is 0 Å². The van der Waals surface area contributed by atoms with Crippen molar-refractivity contribution in [1.29, 1.82) is 0 Å². The lowest BCUT2D eigenvalue weighted by atomic mass is 10.0. The van der Waals surface area contributed by atoms with Gasteiger partial charge in [-0.25, -0.2) is 0 Å². The zero-order chi connectivity index (χ0) is 18.7. The van der Waals surface area contributed by atoms with Crippen LogP contribution in [-0.2, 0) is 6.61 Å². The lowest BCUT2D eigenvalue weighted by molar-refractivity contribution is 0.281. The van der Waals surface area contributed by atoms with E-state index in [-0.39, 0.29) is 6.61 Å². The molecule has 0 bridgehead atoms. The molecule has 0 saturated heterocycles. The Kier molecular flexibility index (Phi) is 10.6. The van der Waals surface area contributed by atoms with Crippen LogP contribution in [0, 0.1) is 20.8 Å². The molecule has 0 amide bonds. The summed E-state index contributed by atoms with van der Waals surface area (Å²) in [4.78, 5) is 0. The summed E-state index contributed by atoms with van der Waals surface area (Å²) in [5, 5.41) is 9.04. The Hall–Kier alpha value is -2.00. The van der Waals surface area contributed by atoms with Crippen LogP contribution in [0.3, 0.4) is 0 Å². The molecule has 3 heteroatoms. The Labute approximate surface area is 147 Å². The predicted octanol–water partition coefficient (Wildman–Crippen LogP) is 5.96. The summed E-state index contributed by atoms with van der Waals surface area (Å²) in [7, 11) is 1.68. The van der Waals surface area contributed by atoms with Crippen LogP contribution in [0.1, 0.15) is 49.9 Å². The summed E-state index contributed by atoms with van der Waals surface area (Å²) < 4.78 is 11.3. The fraction of sp³-hybridized carbons (Fsp3) is 0.429. The second kappa shape index (κ2) is 11.5. The van der Waals surface area contributed by atoms with Crippen LogP contribution >= 0.6 is 0 Å². The number of methoxy groups -OCH3 is 1. The number of aliphatic hydroxyl groups is 1. The molecule has 134 valence electrons. The third-order valence-corrected chi connectivity index (χ3v) is 3.52. The van der Waals surface area contributed by atoms with Gasteiger partial charge in [-0.3, -0.25) is 0 Å². The molecule has 0 fully saturated rings. The SMILES string of the molecule is CC.CC.COc1c(C)cc(Oc2ccc(CO)cc2)c(C)c1C. The van der Waals surface area contributed by atoms with Crippen LogP contribution in [0.2, 0.25) is 0 Å². The molecule has 0 radical (unpaired) electrons. The van der Waals surface area contributed by atoms with Crippen LogP contribution < -0.4 is 9.47 Å². The van der Waals surface area contributed by atoms with Gasteiger partial charge in [-0.2, -0.15) is 0 Å². The monoisotopic (exact) mass is 332 g/mol. The van der Waals surface area contributed by atoms with Gasteiger partial charge in [-0.15, -0.1) is 0 Å². The largest absolute Gasteiger partial charge is 0.496 e. The molecule has 0 aromatic heterocycles. The third-order valence-electron chi connectivity index (χ3n) is 3.52. The van der Waals surface area contributed by atoms with Gasteiger partial charge in [-0.1, -0.05) is 39.8 Å². The molecule has 2 aromatic rings. The van der Waals surface area contributed by atoms with Gasteiger partial charge in [0, 0.05) is 0 Å². The van der Waals surface area contributed by atoms with E-state index in [1.807, 2.05) is 78.8 Å². The average Bonchev–Trinajstić information content (AvgIpc) is 2.64. The summed E-state index contributed by atoms with van der Waals surface area (Å²) in [6, 6.07) is 9.42. The number of benzene rings is 2. The van der Waals surface area contributed by atoms with E-state index in [0.29, 0.717) is 0 Å². The maximum atomic E-state index is 9.04. The molecule has 0 aliphatic carbocycles. The predicted molar refractivity (Wildman–Crippen MR) is 102 cm³/mol. The molecule has 0 aliphatic heterocycles. The first-order valence-electron chi connectivity index (χ1n) is 8.59. The van der Waals surface area contributed by atoms with E-state index >= 15 is 0 Å². The maximum absolute atomic E-state index is 9.04. The highest BCUT2D eigenvalue weighted by Gasteiger charge is 2.12. The number of hydrogen-bond donors (Lipinski definition) is 1. The highest BCUT2D eigenvalue weighted by atomic mass is 16.5. The molecule has 0 atom stereocenters. The van der Waals surface area contributed by atoms with Crippen molar-refractivity contribution in [3.63, 3.8) is 0 Å². The topological polar surface area (TPSA) is 38.7 Å². The zero-order valence-electron chi connectivity index (χ0n) is 16.4. The van der Waals surface area contributed by atoms with Crippen molar-refractivity contribution < 1.29 is 14.6 Å². The molecule has 0 saturated carbocycles. The quantitative estimate of drug-likeness (QED) is 0.751. The summed E-state index contributed by atoms with van der Waals surface area (Å²) in [6.45, 7) is 14.1. The van der Waals surface area contributed by atoms with Crippen molar-refractivity contribution in [2.45, 2.75) is 55.1 Å². The van der Waals surface area contributed by atoms with Gasteiger partial charge in [0.05, 0.1) is 13.7 Å². The van der Waals surface area contributed by atoms with Crippen LogP contribution in [0.5, 0.6) is 17.2 Å².